The molecule has 2 saturated heterocycles. The standard InChI is InChI=1S/C15H23N3O3S/c1-10-9-17(12-3-7-21-8-4-12)5-6-18(10)15-16-13(14(19)20)11(2)22-15/h10,12H,3-9H2,1-2H3,(H,19,20)/t10-/m1/s1. The molecule has 0 bridgehead atoms. The van der Waals surface area contributed by atoms with E-state index in [1.807, 2.05) is 6.92 Å². The normalized spacial score (nSPS) is 24.6. The van der Waals surface area contributed by atoms with Gasteiger partial charge in [0.15, 0.2) is 10.8 Å². The van der Waals surface area contributed by atoms with Crippen LogP contribution in [0.2, 0.25) is 0 Å². The second-order valence-electron chi connectivity index (χ2n) is 6.09. The first-order chi connectivity index (χ1) is 10.6. The summed E-state index contributed by atoms with van der Waals surface area (Å²) in [6.07, 6.45) is 2.23. The number of carboxylic acids is 1. The first-order valence-electron chi connectivity index (χ1n) is 7.85. The van der Waals surface area contributed by atoms with Crippen LogP contribution in [0.5, 0.6) is 0 Å². The van der Waals surface area contributed by atoms with Crippen LogP contribution in [0.1, 0.15) is 35.1 Å². The third kappa shape index (κ3) is 3.11. The topological polar surface area (TPSA) is 65.9 Å². The summed E-state index contributed by atoms with van der Waals surface area (Å²) in [5, 5.41) is 10.0. The van der Waals surface area contributed by atoms with E-state index in [4.69, 9.17) is 9.84 Å². The average molecular weight is 325 g/mol. The molecule has 2 aliphatic heterocycles. The zero-order chi connectivity index (χ0) is 15.7. The van der Waals surface area contributed by atoms with Crippen molar-refractivity contribution in [1.29, 1.82) is 0 Å². The number of rotatable bonds is 3. The predicted molar refractivity (Wildman–Crippen MR) is 86.0 cm³/mol. The number of aryl methyl sites for hydroxylation is 1. The first-order valence-corrected chi connectivity index (χ1v) is 8.67. The number of ether oxygens (including phenoxy) is 1. The molecule has 1 N–H and O–H groups in total. The van der Waals surface area contributed by atoms with E-state index < -0.39 is 5.97 Å². The van der Waals surface area contributed by atoms with Gasteiger partial charge < -0.3 is 14.7 Å². The maximum Gasteiger partial charge on any atom is 0.355 e. The Bertz CT molecular complexity index is 542. The minimum Gasteiger partial charge on any atom is -0.476 e. The van der Waals surface area contributed by atoms with Crippen molar-refractivity contribution in [2.75, 3.05) is 37.7 Å². The highest BCUT2D eigenvalue weighted by molar-refractivity contribution is 7.15. The van der Waals surface area contributed by atoms with Gasteiger partial charge in [-0.25, -0.2) is 9.78 Å². The summed E-state index contributed by atoms with van der Waals surface area (Å²) < 4.78 is 5.45. The van der Waals surface area contributed by atoms with Crippen molar-refractivity contribution < 1.29 is 14.6 Å². The molecule has 0 saturated carbocycles. The van der Waals surface area contributed by atoms with E-state index >= 15 is 0 Å². The highest BCUT2D eigenvalue weighted by Gasteiger charge is 2.31. The van der Waals surface area contributed by atoms with Crippen LogP contribution in [0.25, 0.3) is 0 Å². The minimum atomic E-state index is -0.937. The molecule has 1 aromatic heterocycles. The molecule has 0 unspecified atom stereocenters. The number of thiazole rings is 1. The van der Waals surface area contributed by atoms with Gasteiger partial charge in [-0.2, -0.15) is 0 Å². The lowest BCUT2D eigenvalue weighted by Crippen LogP contribution is -2.55. The monoisotopic (exact) mass is 325 g/mol. The Hall–Kier alpha value is -1.18. The van der Waals surface area contributed by atoms with Crippen molar-refractivity contribution in [3.63, 3.8) is 0 Å². The quantitative estimate of drug-likeness (QED) is 0.915. The number of hydrogen-bond acceptors (Lipinski definition) is 6. The van der Waals surface area contributed by atoms with Crippen LogP contribution < -0.4 is 4.90 Å². The summed E-state index contributed by atoms with van der Waals surface area (Å²) in [7, 11) is 0. The van der Waals surface area contributed by atoms with E-state index in [9.17, 15) is 4.79 Å². The number of carbonyl (C=O) groups is 1. The van der Waals surface area contributed by atoms with Gasteiger partial charge in [-0.05, 0) is 26.7 Å². The maximum atomic E-state index is 11.2. The molecular formula is C15H23N3O3S. The first kappa shape index (κ1) is 15.7. The Morgan fingerprint density at radius 2 is 2.09 bits per heavy atom. The molecular weight excluding hydrogens is 302 g/mol. The number of anilines is 1. The van der Waals surface area contributed by atoms with E-state index in [2.05, 4.69) is 21.7 Å². The van der Waals surface area contributed by atoms with Crippen LogP contribution in [-0.2, 0) is 4.74 Å². The van der Waals surface area contributed by atoms with Crippen molar-refractivity contribution in [2.45, 2.75) is 38.8 Å². The Kier molecular flexibility index (Phi) is 4.65. The molecule has 22 heavy (non-hydrogen) atoms. The summed E-state index contributed by atoms with van der Waals surface area (Å²) in [5.74, 6) is -0.937. The molecule has 0 spiro atoms. The second kappa shape index (κ2) is 6.52. The van der Waals surface area contributed by atoms with E-state index in [1.165, 1.54) is 11.3 Å². The van der Waals surface area contributed by atoms with Crippen LogP contribution in [0.4, 0.5) is 5.13 Å². The smallest absolute Gasteiger partial charge is 0.355 e. The molecule has 1 atom stereocenters. The second-order valence-corrected chi connectivity index (χ2v) is 7.27. The van der Waals surface area contributed by atoms with Gasteiger partial charge in [-0.15, -0.1) is 11.3 Å². The summed E-state index contributed by atoms with van der Waals surface area (Å²) in [4.78, 5) is 21.1. The Morgan fingerprint density at radius 1 is 1.36 bits per heavy atom. The number of aromatic carboxylic acids is 1. The third-order valence-electron chi connectivity index (χ3n) is 4.60. The number of aromatic nitrogens is 1. The van der Waals surface area contributed by atoms with Gasteiger partial charge in [0.05, 0.1) is 0 Å². The van der Waals surface area contributed by atoms with Gasteiger partial charge in [-0.3, -0.25) is 4.90 Å². The van der Waals surface area contributed by atoms with Crippen molar-refractivity contribution >= 4 is 22.4 Å². The molecule has 0 aromatic carbocycles. The number of piperazine rings is 1. The zero-order valence-corrected chi connectivity index (χ0v) is 13.9. The Morgan fingerprint density at radius 3 is 2.68 bits per heavy atom. The van der Waals surface area contributed by atoms with Crippen molar-refractivity contribution in [2.24, 2.45) is 0 Å². The van der Waals surface area contributed by atoms with Crippen LogP contribution in [-0.4, -0.2) is 65.9 Å². The molecule has 2 aliphatic rings. The highest BCUT2D eigenvalue weighted by Crippen LogP contribution is 2.29. The predicted octanol–water partition coefficient (Wildman–Crippen LogP) is 1.84. The third-order valence-corrected chi connectivity index (χ3v) is 5.61. The maximum absolute atomic E-state index is 11.2. The van der Waals surface area contributed by atoms with Crippen LogP contribution in [0.15, 0.2) is 0 Å². The molecule has 6 nitrogen and oxygen atoms in total. The summed E-state index contributed by atoms with van der Waals surface area (Å²) in [5.41, 5.74) is 0.194. The molecule has 0 aliphatic carbocycles. The molecule has 3 rings (SSSR count). The Balaban J connectivity index is 1.67. The average Bonchev–Trinajstić information content (AvgIpc) is 2.90. The highest BCUT2D eigenvalue weighted by atomic mass is 32.1. The van der Waals surface area contributed by atoms with Gasteiger partial charge in [0.2, 0.25) is 0 Å². The van der Waals surface area contributed by atoms with Crippen molar-refractivity contribution in [1.82, 2.24) is 9.88 Å². The summed E-state index contributed by atoms with van der Waals surface area (Å²) in [6.45, 7) is 8.68. The van der Waals surface area contributed by atoms with Gasteiger partial charge >= 0.3 is 5.97 Å². The van der Waals surface area contributed by atoms with E-state index in [0.717, 1.165) is 55.7 Å². The van der Waals surface area contributed by atoms with Gasteiger partial charge in [-0.1, -0.05) is 0 Å². The number of hydrogen-bond donors (Lipinski definition) is 1. The molecule has 0 amide bonds. The van der Waals surface area contributed by atoms with Crippen molar-refractivity contribution in [3.05, 3.63) is 10.6 Å². The molecule has 1 aromatic rings. The fourth-order valence-electron chi connectivity index (χ4n) is 3.36. The Labute approximate surface area is 134 Å². The number of nitrogens with zero attached hydrogens (tertiary/aromatic N) is 3. The summed E-state index contributed by atoms with van der Waals surface area (Å²) >= 11 is 1.49. The van der Waals surface area contributed by atoms with Gasteiger partial charge in [0, 0.05) is 49.8 Å². The van der Waals surface area contributed by atoms with E-state index in [1.54, 1.807) is 0 Å². The minimum absolute atomic E-state index is 0.194. The van der Waals surface area contributed by atoms with Crippen LogP contribution in [0.3, 0.4) is 0 Å². The zero-order valence-electron chi connectivity index (χ0n) is 13.1. The lowest BCUT2D eigenvalue weighted by atomic mass is 10.0. The largest absolute Gasteiger partial charge is 0.476 e. The SMILES string of the molecule is Cc1sc(N2CCN(C3CCOCC3)C[C@H]2C)nc1C(=O)O. The van der Waals surface area contributed by atoms with E-state index in [-0.39, 0.29) is 5.69 Å². The molecule has 7 heteroatoms. The molecule has 0 radical (unpaired) electrons. The molecule has 2 fully saturated rings. The fraction of sp³-hybridized carbons (Fsp3) is 0.733. The fourth-order valence-corrected chi connectivity index (χ4v) is 4.38. The molecule has 122 valence electrons. The van der Waals surface area contributed by atoms with Crippen molar-refractivity contribution in [3.8, 4) is 0 Å². The molecule has 3 heterocycles. The number of carboxylic acid groups (broad SMARTS) is 1. The van der Waals surface area contributed by atoms with Gasteiger partial charge in [0.1, 0.15) is 0 Å². The van der Waals surface area contributed by atoms with Crippen LogP contribution >= 0.6 is 11.3 Å². The van der Waals surface area contributed by atoms with Crippen LogP contribution in [0, 0.1) is 6.92 Å². The van der Waals surface area contributed by atoms with E-state index in [0.29, 0.717) is 12.1 Å². The lowest BCUT2D eigenvalue weighted by molar-refractivity contribution is 0.0280. The lowest BCUT2D eigenvalue weighted by Gasteiger charge is -2.44. The summed E-state index contributed by atoms with van der Waals surface area (Å²) in [6, 6.07) is 0.981. The van der Waals surface area contributed by atoms with Gasteiger partial charge in [0.25, 0.3) is 0 Å².